The third-order valence-corrected chi connectivity index (χ3v) is 6.00. The highest BCUT2D eigenvalue weighted by atomic mass is 16.5. The van der Waals surface area contributed by atoms with Crippen LogP contribution in [0, 0.1) is 6.92 Å². The highest BCUT2D eigenvalue weighted by Crippen LogP contribution is 2.23. The Morgan fingerprint density at radius 3 is 2.65 bits per heavy atom. The number of anilines is 1. The van der Waals surface area contributed by atoms with Gasteiger partial charge in [0.2, 0.25) is 0 Å². The van der Waals surface area contributed by atoms with Crippen molar-refractivity contribution in [3.8, 4) is 11.5 Å². The molecule has 0 bridgehead atoms. The number of carbonyl (C=O) groups is 1. The number of hydrogen-bond acceptors (Lipinski definition) is 7. The number of fused-ring (bicyclic) bond motifs is 1. The number of carbonyl (C=O) groups excluding carboxylic acids is 1. The monoisotopic (exact) mass is 422 g/mol. The van der Waals surface area contributed by atoms with Crippen LogP contribution in [-0.2, 0) is 4.74 Å². The number of nitrogens with one attached hydrogen (secondary N) is 1. The van der Waals surface area contributed by atoms with Crippen LogP contribution in [0.1, 0.15) is 18.7 Å². The number of rotatable bonds is 3. The maximum atomic E-state index is 12.8. The molecule has 2 aliphatic rings. The molecule has 0 spiro atoms. The zero-order chi connectivity index (χ0) is 21.2. The highest BCUT2D eigenvalue weighted by molar-refractivity contribution is 5.91. The summed E-state index contributed by atoms with van der Waals surface area (Å²) in [7, 11) is 0. The van der Waals surface area contributed by atoms with E-state index in [4.69, 9.17) is 9.15 Å². The van der Waals surface area contributed by atoms with Gasteiger partial charge in [0.1, 0.15) is 11.5 Å². The van der Waals surface area contributed by atoms with Gasteiger partial charge in [0, 0.05) is 56.8 Å². The van der Waals surface area contributed by atoms with E-state index >= 15 is 0 Å². The van der Waals surface area contributed by atoms with Crippen molar-refractivity contribution in [1.82, 2.24) is 24.8 Å². The van der Waals surface area contributed by atoms with Crippen molar-refractivity contribution in [1.29, 1.82) is 0 Å². The first-order chi connectivity index (χ1) is 15.2. The SMILES string of the molecule is Cc1ncc(-c2ccc3cnc(NC(=O)N4CCC(N5CCOCC5)CC4)cc3n2)o1. The van der Waals surface area contributed by atoms with Crippen LogP contribution < -0.4 is 5.32 Å². The van der Waals surface area contributed by atoms with Crippen molar-refractivity contribution < 1.29 is 13.9 Å². The number of oxazole rings is 1. The van der Waals surface area contributed by atoms with E-state index < -0.39 is 0 Å². The fourth-order valence-corrected chi connectivity index (χ4v) is 4.27. The molecule has 0 aliphatic carbocycles. The molecule has 2 amide bonds. The molecule has 0 unspecified atom stereocenters. The standard InChI is InChI=1S/C22H26N6O3/c1-15-23-14-20(31-15)18-3-2-16-13-24-21(12-19(16)25-18)26-22(29)28-6-4-17(5-7-28)27-8-10-30-11-9-27/h2-3,12-14,17H,4-11H2,1H3,(H,24,26,29). The third kappa shape index (κ3) is 4.38. The second-order valence-corrected chi connectivity index (χ2v) is 8.00. The largest absolute Gasteiger partial charge is 0.439 e. The Balaban J connectivity index is 1.24. The number of ether oxygens (including phenoxy) is 1. The lowest BCUT2D eigenvalue weighted by atomic mass is 10.0. The quantitative estimate of drug-likeness (QED) is 0.693. The summed E-state index contributed by atoms with van der Waals surface area (Å²) in [6, 6.07) is 6.02. The second-order valence-electron chi connectivity index (χ2n) is 8.00. The topological polar surface area (TPSA) is 96.6 Å². The zero-order valence-corrected chi connectivity index (χ0v) is 17.6. The van der Waals surface area contributed by atoms with E-state index in [0.29, 0.717) is 29.2 Å². The molecule has 0 atom stereocenters. The molecule has 9 heteroatoms. The molecule has 31 heavy (non-hydrogen) atoms. The number of morpholine rings is 1. The Labute approximate surface area is 180 Å². The maximum absolute atomic E-state index is 12.8. The van der Waals surface area contributed by atoms with Crippen LogP contribution in [0.4, 0.5) is 10.6 Å². The van der Waals surface area contributed by atoms with E-state index in [-0.39, 0.29) is 6.03 Å². The van der Waals surface area contributed by atoms with Crippen molar-refractivity contribution in [3.05, 3.63) is 36.5 Å². The van der Waals surface area contributed by atoms with Crippen LogP contribution in [0.5, 0.6) is 0 Å². The molecule has 5 rings (SSSR count). The maximum Gasteiger partial charge on any atom is 0.323 e. The Kier molecular flexibility index (Phi) is 5.52. The summed E-state index contributed by atoms with van der Waals surface area (Å²) >= 11 is 0. The fourth-order valence-electron chi connectivity index (χ4n) is 4.27. The first-order valence-electron chi connectivity index (χ1n) is 10.7. The Hall–Kier alpha value is -3.04. The van der Waals surface area contributed by atoms with Gasteiger partial charge in [-0.3, -0.25) is 10.2 Å². The fraction of sp³-hybridized carbons (Fsp3) is 0.455. The molecule has 1 N–H and O–H groups in total. The Morgan fingerprint density at radius 1 is 1.10 bits per heavy atom. The van der Waals surface area contributed by atoms with Gasteiger partial charge in [-0.1, -0.05) is 0 Å². The molecule has 0 saturated carbocycles. The van der Waals surface area contributed by atoms with Gasteiger partial charge >= 0.3 is 6.03 Å². The molecule has 0 radical (unpaired) electrons. The first-order valence-corrected chi connectivity index (χ1v) is 10.7. The summed E-state index contributed by atoms with van der Waals surface area (Å²) in [6.45, 7) is 6.87. The van der Waals surface area contributed by atoms with Crippen molar-refractivity contribution in [3.63, 3.8) is 0 Å². The van der Waals surface area contributed by atoms with Gasteiger partial charge in [0.15, 0.2) is 11.7 Å². The number of likely N-dealkylation sites (tertiary alicyclic amines) is 1. The van der Waals surface area contributed by atoms with Crippen LogP contribution in [-0.4, -0.2) is 76.2 Å². The van der Waals surface area contributed by atoms with Gasteiger partial charge in [-0.2, -0.15) is 0 Å². The number of aryl methyl sites for hydroxylation is 1. The minimum Gasteiger partial charge on any atom is -0.439 e. The van der Waals surface area contributed by atoms with E-state index in [1.165, 1.54) is 0 Å². The normalized spacial score (nSPS) is 18.4. The van der Waals surface area contributed by atoms with E-state index in [1.807, 2.05) is 17.0 Å². The van der Waals surface area contributed by atoms with E-state index in [2.05, 4.69) is 25.2 Å². The van der Waals surface area contributed by atoms with Crippen molar-refractivity contribution in [2.75, 3.05) is 44.7 Å². The molecule has 3 aromatic rings. The van der Waals surface area contributed by atoms with Crippen molar-refractivity contribution >= 4 is 22.8 Å². The van der Waals surface area contributed by atoms with Crippen LogP contribution in [0.25, 0.3) is 22.4 Å². The van der Waals surface area contributed by atoms with Crippen molar-refractivity contribution in [2.45, 2.75) is 25.8 Å². The van der Waals surface area contributed by atoms with Gasteiger partial charge in [0.25, 0.3) is 0 Å². The van der Waals surface area contributed by atoms with Crippen LogP contribution >= 0.6 is 0 Å². The predicted octanol–water partition coefficient (Wildman–Crippen LogP) is 2.92. The minimum absolute atomic E-state index is 0.116. The van der Waals surface area contributed by atoms with Gasteiger partial charge in [-0.05, 0) is 25.0 Å². The molecule has 9 nitrogen and oxygen atoms in total. The Morgan fingerprint density at radius 2 is 1.90 bits per heavy atom. The molecule has 162 valence electrons. The Bertz CT molecular complexity index is 1070. The van der Waals surface area contributed by atoms with E-state index in [1.54, 1.807) is 25.4 Å². The predicted molar refractivity (Wildman–Crippen MR) is 116 cm³/mol. The average Bonchev–Trinajstić information content (AvgIpc) is 3.25. The highest BCUT2D eigenvalue weighted by Gasteiger charge is 2.28. The minimum atomic E-state index is -0.116. The summed E-state index contributed by atoms with van der Waals surface area (Å²) in [4.78, 5) is 30.3. The average molecular weight is 422 g/mol. The number of piperidine rings is 1. The van der Waals surface area contributed by atoms with Crippen LogP contribution in [0.15, 0.2) is 35.0 Å². The van der Waals surface area contributed by atoms with Crippen LogP contribution in [0.3, 0.4) is 0 Å². The molecule has 0 aromatic carbocycles. The number of amides is 2. The summed E-state index contributed by atoms with van der Waals surface area (Å²) < 4.78 is 11.0. The lowest BCUT2D eigenvalue weighted by molar-refractivity contribution is 0.00419. The number of aromatic nitrogens is 3. The van der Waals surface area contributed by atoms with Gasteiger partial charge in [-0.15, -0.1) is 0 Å². The van der Waals surface area contributed by atoms with E-state index in [9.17, 15) is 4.79 Å². The lowest BCUT2D eigenvalue weighted by Gasteiger charge is -2.39. The number of hydrogen-bond donors (Lipinski definition) is 1. The first kappa shape index (κ1) is 19.9. The molecule has 2 saturated heterocycles. The number of nitrogens with zero attached hydrogens (tertiary/aromatic N) is 5. The zero-order valence-electron chi connectivity index (χ0n) is 17.6. The van der Waals surface area contributed by atoms with Gasteiger partial charge < -0.3 is 14.1 Å². The summed E-state index contributed by atoms with van der Waals surface area (Å²) in [6.07, 6.45) is 5.35. The van der Waals surface area contributed by atoms with Gasteiger partial charge in [0.05, 0.1) is 24.9 Å². The number of urea groups is 1. The second kappa shape index (κ2) is 8.60. The molecule has 2 fully saturated rings. The number of pyridine rings is 2. The smallest absolute Gasteiger partial charge is 0.323 e. The summed E-state index contributed by atoms with van der Waals surface area (Å²) in [5.74, 6) is 1.70. The molecular weight excluding hydrogens is 396 g/mol. The summed E-state index contributed by atoms with van der Waals surface area (Å²) in [5, 5.41) is 3.82. The molecular formula is C22H26N6O3. The molecule has 3 aromatic heterocycles. The summed E-state index contributed by atoms with van der Waals surface area (Å²) in [5.41, 5.74) is 1.43. The van der Waals surface area contributed by atoms with Gasteiger partial charge in [-0.25, -0.2) is 19.7 Å². The third-order valence-electron chi connectivity index (χ3n) is 6.00. The van der Waals surface area contributed by atoms with Crippen LogP contribution in [0.2, 0.25) is 0 Å². The molecule has 2 aliphatic heterocycles. The van der Waals surface area contributed by atoms with Crippen molar-refractivity contribution in [2.24, 2.45) is 0 Å². The lowest BCUT2D eigenvalue weighted by Crippen LogP contribution is -2.50. The molecule has 5 heterocycles. The van der Waals surface area contributed by atoms with E-state index in [0.717, 1.165) is 63.1 Å².